The third kappa shape index (κ3) is 4.48. The van der Waals surface area contributed by atoms with Crippen molar-refractivity contribution < 1.29 is 5.11 Å². The van der Waals surface area contributed by atoms with Crippen LogP contribution in [-0.4, -0.2) is 24.3 Å². The highest BCUT2D eigenvalue weighted by molar-refractivity contribution is 5.19. The molecule has 2 heteroatoms. The maximum Gasteiger partial charge on any atom is 0.0587 e. The molecule has 0 aliphatic heterocycles. The highest BCUT2D eigenvalue weighted by atomic mass is 16.3. The van der Waals surface area contributed by atoms with Crippen LogP contribution < -0.4 is 5.32 Å². The number of aliphatic hydroxyl groups is 1. The summed E-state index contributed by atoms with van der Waals surface area (Å²) in [4.78, 5) is 0. The van der Waals surface area contributed by atoms with Gasteiger partial charge in [0.25, 0.3) is 0 Å². The van der Waals surface area contributed by atoms with E-state index in [4.69, 9.17) is 0 Å². The number of aliphatic hydroxyl groups excluding tert-OH is 1. The zero-order chi connectivity index (χ0) is 14.2. The van der Waals surface area contributed by atoms with Crippen LogP contribution in [-0.2, 0) is 6.42 Å². The molecule has 0 fully saturated rings. The van der Waals surface area contributed by atoms with Gasteiger partial charge in [0, 0.05) is 12.6 Å². The van der Waals surface area contributed by atoms with Crippen LogP contribution in [0.1, 0.15) is 24.0 Å². The van der Waals surface area contributed by atoms with Gasteiger partial charge in [0.15, 0.2) is 0 Å². The van der Waals surface area contributed by atoms with E-state index in [1.54, 1.807) is 0 Å². The van der Waals surface area contributed by atoms with Gasteiger partial charge in [-0.1, -0.05) is 67.6 Å². The minimum absolute atomic E-state index is 0.114. The fourth-order valence-electron chi connectivity index (χ4n) is 2.34. The second-order valence-corrected chi connectivity index (χ2v) is 5.29. The van der Waals surface area contributed by atoms with Crippen molar-refractivity contribution in [2.75, 3.05) is 13.2 Å². The fraction of sp³-hybridized carbons (Fsp3) is 0.333. The van der Waals surface area contributed by atoms with Crippen LogP contribution in [0.15, 0.2) is 60.7 Å². The molecule has 0 amide bonds. The topological polar surface area (TPSA) is 32.3 Å². The van der Waals surface area contributed by atoms with E-state index in [0.717, 1.165) is 13.0 Å². The average molecular weight is 269 g/mol. The fourth-order valence-corrected chi connectivity index (χ4v) is 2.34. The first-order valence-electron chi connectivity index (χ1n) is 7.22. The second kappa shape index (κ2) is 7.83. The van der Waals surface area contributed by atoms with E-state index in [-0.39, 0.29) is 12.6 Å². The summed E-state index contributed by atoms with van der Waals surface area (Å²) in [5.74, 6) is 0.445. The summed E-state index contributed by atoms with van der Waals surface area (Å²) in [6.45, 7) is 3.25. The van der Waals surface area contributed by atoms with Crippen molar-refractivity contribution in [2.24, 2.45) is 0 Å². The van der Waals surface area contributed by atoms with Crippen LogP contribution in [0, 0.1) is 0 Å². The van der Waals surface area contributed by atoms with Crippen molar-refractivity contribution in [1.82, 2.24) is 5.32 Å². The standard InChI is InChI=1S/C18H23NO/c1-15(17-10-6-3-7-11-17)13-19-18(14-20)12-16-8-4-2-5-9-16/h2-11,15,18-20H,12-14H2,1H3/t15?,18-/m1/s1. The maximum absolute atomic E-state index is 9.51. The molecule has 1 unspecified atom stereocenters. The van der Waals surface area contributed by atoms with E-state index in [1.165, 1.54) is 11.1 Å². The van der Waals surface area contributed by atoms with Crippen molar-refractivity contribution in [3.8, 4) is 0 Å². The monoisotopic (exact) mass is 269 g/mol. The van der Waals surface area contributed by atoms with Crippen molar-refractivity contribution in [2.45, 2.75) is 25.3 Å². The maximum atomic E-state index is 9.51. The van der Waals surface area contributed by atoms with E-state index in [2.05, 4.69) is 48.6 Å². The Morgan fingerprint density at radius 1 is 0.950 bits per heavy atom. The first-order chi connectivity index (χ1) is 9.79. The normalized spacial score (nSPS) is 13.9. The lowest BCUT2D eigenvalue weighted by atomic mass is 10.00. The largest absolute Gasteiger partial charge is 0.395 e. The van der Waals surface area contributed by atoms with Gasteiger partial charge < -0.3 is 10.4 Å². The molecular formula is C18H23NO. The molecule has 2 rings (SSSR count). The van der Waals surface area contributed by atoms with Gasteiger partial charge in [-0.2, -0.15) is 0 Å². The molecule has 2 aromatic rings. The van der Waals surface area contributed by atoms with Gasteiger partial charge in [0.1, 0.15) is 0 Å². The number of benzene rings is 2. The van der Waals surface area contributed by atoms with Gasteiger partial charge in [-0.15, -0.1) is 0 Å². The van der Waals surface area contributed by atoms with Crippen molar-refractivity contribution >= 4 is 0 Å². The van der Waals surface area contributed by atoms with E-state index in [0.29, 0.717) is 5.92 Å². The predicted octanol–water partition coefficient (Wildman–Crippen LogP) is 2.98. The number of hydrogen-bond acceptors (Lipinski definition) is 2. The van der Waals surface area contributed by atoms with Crippen LogP contribution in [0.3, 0.4) is 0 Å². The quantitative estimate of drug-likeness (QED) is 0.810. The molecule has 20 heavy (non-hydrogen) atoms. The van der Waals surface area contributed by atoms with Gasteiger partial charge in [0.2, 0.25) is 0 Å². The third-order valence-electron chi connectivity index (χ3n) is 3.63. The van der Waals surface area contributed by atoms with Crippen LogP contribution in [0.25, 0.3) is 0 Å². The van der Waals surface area contributed by atoms with Crippen LogP contribution in [0.2, 0.25) is 0 Å². The highest BCUT2D eigenvalue weighted by Gasteiger charge is 2.11. The summed E-state index contributed by atoms with van der Waals surface area (Å²) in [6.07, 6.45) is 0.860. The Kier molecular flexibility index (Phi) is 5.78. The molecule has 0 saturated heterocycles. The summed E-state index contributed by atoms with van der Waals surface area (Å²) < 4.78 is 0. The summed E-state index contributed by atoms with van der Waals surface area (Å²) in [6, 6.07) is 20.9. The van der Waals surface area contributed by atoms with Gasteiger partial charge in [0.05, 0.1) is 6.61 Å². The number of rotatable bonds is 7. The minimum atomic E-state index is 0.114. The van der Waals surface area contributed by atoms with Crippen molar-refractivity contribution in [3.63, 3.8) is 0 Å². The van der Waals surface area contributed by atoms with E-state index >= 15 is 0 Å². The molecule has 0 aliphatic carbocycles. The first-order valence-corrected chi connectivity index (χ1v) is 7.22. The zero-order valence-electron chi connectivity index (χ0n) is 12.0. The highest BCUT2D eigenvalue weighted by Crippen LogP contribution is 2.13. The zero-order valence-corrected chi connectivity index (χ0v) is 12.0. The summed E-state index contributed by atoms with van der Waals surface area (Å²) in [7, 11) is 0. The molecule has 106 valence electrons. The molecule has 0 spiro atoms. The van der Waals surface area contributed by atoms with Gasteiger partial charge in [-0.05, 0) is 23.5 Å². The molecule has 0 aliphatic rings. The number of hydrogen-bond donors (Lipinski definition) is 2. The van der Waals surface area contributed by atoms with Gasteiger partial charge in [-0.25, -0.2) is 0 Å². The van der Waals surface area contributed by atoms with E-state index in [1.807, 2.05) is 24.3 Å². The number of nitrogens with one attached hydrogen (secondary N) is 1. The third-order valence-corrected chi connectivity index (χ3v) is 3.63. The Bertz CT molecular complexity index is 483. The lowest BCUT2D eigenvalue weighted by Gasteiger charge is -2.20. The average Bonchev–Trinajstić information content (AvgIpc) is 2.53. The lowest BCUT2D eigenvalue weighted by Crippen LogP contribution is -2.36. The Labute approximate surface area is 121 Å². The van der Waals surface area contributed by atoms with Gasteiger partial charge in [-0.3, -0.25) is 0 Å². The van der Waals surface area contributed by atoms with Crippen LogP contribution >= 0.6 is 0 Å². The van der Waals surface area contributed by atoms with E-state index in [9.17, 15) is 5.11 Å². The molecule has 2 aromatic carbocycles. The Hall–Kier alpha value is -1.64. The first kappa shape index (κ1) is 14.8. The minimum Gasteiger partial charge on any atom is -0.395 e. The molecule has 0 aromatic heterocycles. The molecule has 2 atom stereocenters. The second-order valence-electron chi connectivity index (χ2n) is 5.29. The van der Waals surface area contributed by atoms with Crippen molar-refractivity contribution in [3.05, 3.63) is 71.8 Å². The summed E-state index contributed by atoms with van der Waals surface area (Å²) >= 11 is 0. The van der Waals surface area contributed by atoms with Crippen LogP contribution in [0.4, 0.5) is 0 Å². The molecule has 0 bridgehead atoms. The van der Waals surface area contributed by atoms with E-state index < -0.39 is 0 Å². The molecule has 2 nitrogen and oxygen atoms in total. The predicted molar refractivity (Wildman–Crippen MR) is 83.9 cm³/mol. The Morgan fingerprint density at radius 3 is 2.15 bits per heavy atom. The molecule has 0 saturated carbocycles. The van der Waals surface area contributed by atoms with Crippen molar-refractivity contribution in [1.29, 1.82) is 0 Å². The summed E-state index contributed by atoms with van der Waals surface area (Å²) in [5, 5.41) is 13.0. The smallest absolute Gasteiger partial charge is 0.0587 e. The Morgan fingerprint density at radius 2 is 1.55 bits per heavy atom. The SMILES string of the molecule is CC(CN[C@@H](CO)Cc1ccccc1)c1ccccc1. The molecular weight excluding hydrogens is 246 g/mol. The molecule has 0 radical (unpaired) electrons. The molecule has 0 heterocycles. The lowest BCUT2D eigenvalue weighted by molar-refractivity contribution is 0.240. The molecule has 2 N–H and O–H groups in total. The van der Waals surface area contributed by atoms with Gasteiger partial charge >= 0.3 is 0 Å². The van der Waals surface area contributed by atoms with Crippen LogP contribution in [0.5, 0.6) is 0 Å². The Balaban J connectivity index is 1.85. The summed E-state index contributed by atoms with van der Waals surface area (Å²) in [5.41, 5.74) is 2.59.